The lowest BCUT2D eigenvalue weighted by Gasteiger charge is -1.91. The molecule has 0 bridgehead atoms. The van der Waals surface area contributed by atoms with Crippen LogP contribution in [0.2, 0.25) is 0 Å². The van der Waals surface area contributed by atoms with Crippen molar-refractivity contribution in [3.05, 3.63) is 60.2 Å². The number of amides is 1. The molecule has 0 unspecified atom stereocenters. The molecule has 0 atom stereocenters. The summed E-state index contributed by atoms with van der Waals surface area (Å²) in [5.74, 6) is -0.980. The Kier molecular flexibility index (Phi) is 14.9. The van der Waals surface area contributed by atoms with Crippen LogP contribution in [0, 0.1) is 0 Å². The Morgan fingerprint density at radius 3 is 1.67 bits per heavy atom. The van der Waals surface area contributed by atoms with E-state index in [0.29, 0.717) is 11.3 Å². The van der Waals surface area contributed by atoms with Gasteiger partial charge in [-0.2, -0.15) is 0 Å². The second-order valence-corrected chi connectivity index (χ2v) is 3.74. The van der Waals surface area contributed by atoms with Crippen molar-refractivity contribution in [3.63, 3.8) is 0 Å². The first-order valence-electron chi connectivity index (χ1n) is 7.63. The maximum Gasteiger partial charge on any atom is 0.296 e. The van der Waals surface area contributed by atoms with E-state index in [1.165, 1.54) is 0 Å². The van der Waals surface area contributed by atoms with Gasteiger partial charge in [-0.15, -0.1) is 0 Å². The topological polar surface area (TPSA) is 113 Å². The van der Waals surface area contributed by atoms with Crippen molar-refractivity contribution in [2.45, 2.75) is 27.7 Å². The minimum absolute atomic E-state index is 0.444. The fourth-order valence-corrected chi connectivity index (χ4v) is 1.54. The number of benzene rings is 2. The van der Waals surface area contributed by atoms with E-state index in [1.807, 2.05) is 58.0 Å². The largest absolute Gasteiger partial charge is 0.399 e. The van der Waals surface area contributed by atoms with Gasteiger partial charge in [-0.3, -0.25) is 20.1 Å². The molecule has 5 N–H and O–H groups in total. The Balaban J connectivity index is 0. The first-order valence-corrected chi connectivity index (χ1v) is 7.63. The van der Waals surface area contributed by atoms with E-state index < -0.39 is 11.7 Å². The number of anilines is 2. The highest BCUT2D eigenvalue weighted by Crippen LogP contribution is 2.21. The Morgan fingerprint density at radius 1 is 0.792 bits per heavy atom. The van der Waals surface area contributed by atoms with Crippen LogP contribution in [0.1, 0.15) is 38.1 Å². The molecule has 3 rings (SSSR count). The Hall–Kier alpha value is -2.70. The number of para-hydroxylation sites is 2. The van der Waals surface area contributed by atoms with Crippen LogP contribution in [0.3, 0.4) is 0 Å². The monoisotopic (exact) mass is 334 g/mol. The number of carbonyl (C=O) groups excluding carboxylic acids is 2. The predicted molar refractivity (Wildman–Crippen MR) is 98.2 cm³/mol. The number of nitrogens with one attached hydrogen (secondary N) is 1. The van der Waals surface area contributed by atoms with E-state index in [0.717, 1.165) is 5.69 Å². The third kappa shape index (κ3) is 8.07. The molecule has 0 fully saturated rings. The summed E-state index contributed by atoms with van der Waals surface area (Å²) in [6.45, 7) is 8.00. The summed E-state index contributed by atoms with van der Waals surface area (Å²) in [6.07, 6.45) is 0. The van der Waals surface area contributed by atoms with Crippen molar-refractivity contribution in [3.8, 4) is 0 Å². The van der Waals surface area contributed by atoms with Gasteiger partial charge in [0.2, 0.25) is 0 Å². The van der Waals surface area contributed by atoms with Crippen molar-refractivity contribution in [1.29, 1.82) is 0 Å². The van der Waals surface area contributed by atoms with Gasteiger partial charge in [0.25, 0.3) is 11.7 Å². The van der Waals surface area contributed by atoms with Gasteiger partial charge in [-0.05, 0) is 24.3 Å². The number of Topliss-reactive ketones (excluding diaryl/α,β-unsaturated/α-hetero) is 1. The van der Waals surface area contributed by atoms with Gasteiger partial charge in [0.1, 0.15) is 0 Å². The van der Waals surface area contributed by atoms with Gasteiger partial charge in [-0.1, -0.05) is 58.0 Å². The van der Waals surface area contributed by atoms with Gasteiger partial charge in [0.05, 0.1) is 11.3 Å². The summed E-state index contributed by atoms with van der Waals surface area (Å²) in [7, 11) is 0. The fourth-order valence-electron chi connectivity index (χ4n) is 1.54. The molecule has 6 nitrogen and oxygen atoms in total. The third-order valence-electron chi connectivity index (χ3n) is 2.43. The summed E-state index contributed by atoms with van der Waals surface area (Å²) < 4.78 is 0. The normalized spacial score (nSPS) is 9.92. The molecule has 24 heavy (non-hydrogen) atoms. The van der Waals surface area contributed by atoms with E-state index in [9.17, 15) is 9.59 Å². The highest BCUT2D eigenvalue weighted by atomic mass is 17.0. The second kappa shape index (κ2) is 15.2. The minimum atomic E-state index is -0.536. The lowest BCUT2D eigenvalue weighted by molar-refractivity contribution is -0.176. The van der Waals surface area contributed by atoms with Gasteiger partial charge >= 0.3 is 0 Å². The van der Waals surface area contributed by atoms with Crippen LogP contribution in [0.4, 0.5) is 11.4 Å². The quantitative estimate of drug-likeness (QED) is 0.250. The number of ketones is 1. The number of hydrogen-bond acceptors (Lipinski definition) is 5. The molecule has 2 aromatic carbocycles. The van der Waals surface area contributed by atoms with Crippen molar-refractivity contribution >= 4 is 23.1 Å². The summed E-state index contributed by atoms with van der Waals surface area (Å²) in [6, 6.07) is 16.3. The summed E-state index contributed by atoms with van der Waals surface area (Å²) in [5, 5.41) is 14.5. The molecule has 6 heteroatoms. The molecule has 1 amide bonds. The van der Waals surface area contributed by atoms with E-state index in [2.05, 4.69) is 5.32 Å². The third-order valence-corrected chi connectivity index (χ3v) is 2.43. The van der Waals surface area contributed by atoms with E-state index in [1.54, 1.807) is 24.3 Å². The molecule has 1 aliphatic heterocycles. The number of nitrogens with two attached hydrogens (primary N) is 1. The lowest BCUT2D eigenvalue weighted by atomic mass is 10.1. The van der Waals surface area contributed by atoms with Crippen molar-refractivity contribution < 1.29 is 20.1 Å². The Labute approximate surface area is 142 Å². The highest BCUT2D eigenvalue weighted by Gasteiger charge is 2.26. The Bertz CT molecular complexity index is 587. The molecule has 1 aliphatic rings. The van der Waals surface area contributed by atoms with Crippen LogP contribution in [-0.4, -0.2) is 22.2 Å². The van der Waals surface area contributed by atoms with E-state index in [4.69, 9.17) is 16.2 Å². The lowest BCUT2D eigenvalue weighted by Crippen LogP contribution is -2.12. The van der Waals surface area contributed by atoms with E-state index in [-0.39, 0.29) is 0 Å². The van der Waals surface area contributed by atoms with Crippen molar-refractivity contribution in [2.24, 2.45) is 0 Å². The molecule has 0 aromatic heterocycles. The van der Waals surface area contributed by atoms with Crippen molar-refractivity contribution in [1.82, 2.24) is 0 Å². The van der Waals surface area contributed by atoms with Crippen LogP contribution >= 0.6 is 0 Å². The average molecular weight is 334 g/mol. The molecule has 0 spiro atoms. The van der Waals surface area contributed by atoms with Crippen molar-refractivity contribution in [2.75, 3.05) is 11.1 Å². The Morgan fingerprint density at radius 2 is 1.25 bits per heavy atom. The molecule has 2 aromatic rings. The van der Waals surface area contributed by atoms with Crippen LogP contribution in [0.25, 0.3) is 0 Å². The van der Waals surface area contributed by atoms with Crippen LogP contribution in [-0.2, 0) is 4.79 Å². The summed E-state index contributed by atoms with van der Waals surface area (Å²) in [5.41, 5.74) is 7.26. The first-order chi connectivity index (χ1) is 11.7. The summed E-state index contributed by atoms with van der Waals surface area (Å²) in [4.78, 5) is 21.8. The zero-order chi connectivity index (χ0) is 19.0. The standard InChI is InChI=1S/C8H5NO2.C6H7N.2C2H6.H2O2/c10-7-5-3-1-2-4-6(5)9-8(7)11;7-6-4-2-1-3-5-6;3*1-2/h1-4H,(H,9,10,11);1-5H,7H2;2*1-2H3;1-2H. The zero-order valence-electron chi connectivity index (χ0n) is 14.5. The molecule has 0 radical (unpaired) electrons. The highest BCUT2D eigenvalue weighted by molar-refractivity contribution is 6.51. The number of hydrogen-bond donors (Lipinski definition) is 4. The maximum atomic E-state index is 11.0. The van der Waals surface area contributed by atoms with Gasteiger partial charge < -0.3 is 11.1 Å². The second-order valence-electron chi connectivity index (χ2n) is 3.74. The maximum absolute atomic E-state index is 11.0. The molecule has 0 saturated heterocycles. The predicted octanol–water partition coefficient (Wildman–Crippen LogP) is 4.16. The minimum Gasteiger partial charge on any atom is -0.399 e. The molecule has 0 aliphatic carbocycles. The molecular formula is C18H26N2O4. The molecular weight excluding hydrogens is 308 g/mol. The number of nitrogen functional groups attached to an aromatic ring is 1. The summed E-state index contributed by atoms with van der Waals surface area (Å²) >= 11 is 0. The smallest absolute Gasteiger partial charge is 0.296 e. The number of carbonyl (C=O) groups is 2. The van der Waals surface area contributed by atoms with E-state index >= 15 is 0 Å². The fraction of sp³-hybridized carbons (Fsp3) is 0.222. The zero-order valence-corrected chi connectivity index (χ0v) is 14.5. The molecule has 132 valence electrons. The average Bonchev–Trinajstić information content (AvgIpc) is 2.96. The molecule has 1 heterocycles. The van der Waals surface area contributed by atoms with Gasteiger partial charge in [-0.25, -0.2) is 0 Å². The SMILES string of the molecule is CC.CC.Nc1ccccc1.O=C1Nc2ccccc2C1=O.OO. The van der Waals surface area contributed by atoms with Gasteiger partial charge in [0, 0.05) is 5.69 Å². The van der Waals surface area contributed by atoms with Crippen LogP contribution < -0.4 is 11.1 Å². The molecule has 0 saturated carbocycles. The van der Waals surface area contributed by atoms with Crippen LogP contribution in [0.5, 0.6) is 0 Å². The van der Waals surface area contributed by atoms with Gasteiger partial charge in [0.15, 0.2) is 0 Å². The first kappa shape index (κ1) is 23.6. The number of rotatable bonds is 0. The number of fused-ring (bicyclic) bond motifs is 1. The van der Waals surface area contributed by atoms with Crippen LogP contribution in [0.15, 0.2) is 54.6 Å².